The van der Waals surface area contributed by atoms with Crippen molar-refractivity contribution in [2.24, 2.45) is 0 Å². The van der Waals surface area contributed by atoms with Gasteiger partial charge in [0.15, 0.2) is 0 Å². The Morgan fingerprint density at radius 2 is 1.25 bits per heavy atom. The fourth-order valence-corrected chi connectivity index (χ4v) is 0. The Morgan fingerprint density at radius 1 is 1.25 bits per heavy atom. The summed E-state index contributed by atoms with van der Waals surface area (Å²) in [5.41, 5.74) is 0. The van der Waals surface area contributed by atoms with Crippen molar-refractivity contribution in [2.75, 3.05) is 0 Å². The standard InChI is InChI=1S/2BrH.K.Li/h2*1H;;/q;;2*+1/p-2. The van der Waals surface area contributed by atoms with Crippen molar-refractivity contribution < 1.29 is 0 Å². The Labute approximate surface area is 79.0 Å². The first-order valence-electron chi connectivity index (χ1n) is 0.756. The Morgan fingerprint density at radius 3 is 1.25 bits per heavy atom. The molecule has 0 aliphatic rings. The zero-order valence-electron chi connectivity index (χ0n) is 2.76. The van der Waals surface area contributed by atoms with Gasteiger partial charge in [0.05, 0.1) is 0 Å². The van der Waals surface area contributed by atoms with E-state index in [-0.39, 0.29) is 0 Å². The van der Waals surface area contributed by atoms with Gasteiger partial charge in [-0.15, -0.1) is 0 Å². The summed E-state index contributed by atoms with van der Waals surface area (Å²) in [4.78, 5) is 0. The third-order valence-corrected chi connectivity index (χ3v) is 0. The van der Waals surface area contributed by atoms with Crippen LogP contribution in [0.15, 0.2) is 0 Å². The van der Waals surface area contributed by atoms with Crippen LogP contribution in [-0.2, 0) is 0 Å². The molecule has 0 spiro atoms. The first-order valence-corrected chi connectivity index (χ1v) is 10.1. The van der Waals surface area contributed by atoms with Crippen molar-refractivity contribution in [3.8, 4) is 0 Å². The maximum absolute atomic E-state index is 3.12. The molecule has 16 valence electrons. The minimum absolute atomic E-state index is 0.875. The van der Waals surface area contributed by atoms with Crippen LogP contribution in [0.1, 0.15) is 0 Å². The van der Waals surface area contributed by atoms with E-state index < -0.39 is 0 Å². The molecule has 0 rings (SSSR count). The molecule has 0 bridgehead atoms. The number of hydrogen-bond acceptors (Lipinski definition) is 0. The van der Waals surface area contributed by atoms with Gasteiger partial charge in [0.2, 0.25) is 0 Å². The number of rotatable bonds is 0. The van der Waals surface area contributed by atoms with Crippen molar-refractivity contribution in [3.05, 3.63) is 0 Å². The molecule has 0 fully saturated rings. The monoisotopic (exact) mass is 204 g/mol. The summed E-state index contributed by atoms with van der Waals surface area (Å²) in [6.45, 7) is 3.12. The fraction of sp³-hybridized carbons (Fsp3) is 0. The van der Waals surface area contributed by atoms with E-state index >= 15 is 0 Å². The van der Waals surface area contributed by atoms with Gasteiger partial charge in [-0.05, 0) is 0 Å². The average molecular weight is 206 g/mol. The molecule has 4 heavy (non-hydrogen) atoms. The first kappa shape index (κ1) is 10.2. The van der Waals surface area contributed by atoms with Crippen LogP contribution < -0.4 is 0 Å². The molecule has 0 aromatic heterocycles. The second kappa shape index (κ2) is 16.4. The number of hydrogen-bond donors (Lipinski definition) is 0. The molecule has 0 nitrogen and oxygen atoms in total. The summed E-state index contributed by atoms with van der Waals surface area (Å²) in [5.74, 6) is 0. The van der Waals surface area contributed by atoms with Gasteiger partial charge in [-0.25, -0.2) is 0 Å². The average Bonchev–Trinajstić information content (AvgIpc) is 1.50. The summed E-state index contributed by atoms with van der Waals surface area (Å²) in [6, 6.07) is 0. The quantitative estimate of drug-likeness (QED) is 0.517. The van der Waals surface area contributed by atoms with Crippen LogP contribution in [0.4, 0.5) is 0 Å². The number of halogens is 2. The Kier molecular flexibility index (Phi) is 41.9. The van der Waals surface area contributed by atoms with Gasteiger partial charge in [-0.2, -0.15) is 0 Å². The molecule has 0 aromatic rings. The molecule has 0 atom stereocenters. The third-order valence-electron chi connectivity index (χ3n) is 0. The maximum atomic E-state index is 3.12. The van der Waals surface area contributed by atoms with Crippen molar-refractivity contribution in [1.82, 2.24) is 0 Å². The SMILES string of the molecule is [K][Br].[Li][Br]. The molecule has 0 aliphatic heterocycles. The molecule has 0 amide bonds. The van der Waals surface area contributed by atoms with E-state index in [1.165, 1.54) is 0 Å². The van der Waals surface area contributed by atoms with Crippen LogP contribution in [0.5, 0.6) is 0 Å². The third kappa shape index (κ3) is 8.96. The molecule has 0 unspecified atom stereocenters. The summed E-state index contributed by atoms with van der Waals surface area (Å²) >= 11 is 5.62. The summed E-state index contributed by atoms with van der Waals surface area (Å²) < 4.78 is 0. The van der Waals surface area contributed by atoms with Crippen molar-refractivity contribution in [2.45, 2.75) is 0 Å². The van der Waals surface area contributed by atoms with Gasteiger partial charge in [0.25, 0.3) is 0 Å². The predicted octanol–water partition coefficient (Wildman–Crippen LogP) is 0.930. The van der Waals surface area contributed by atoms with Gasteiger partial charge >= 0.3 is 81.6 Å². The summed E-state index contributed by atoms with van der Waals surface area (Å²) in [6.07, 6.45) is 0. The van der Waals surface area contributed by atoms with Crippen LogP contribution in [0.25, 0.3) is 0 Å². The molecular formula is Br2KLi. The molecule has 0 aliphatic carbocycles. The van der Waals surface area contributed by atoms with E-state index in [4.69, 9.17) is 0 Å². The first-order chi connectivity index (χ1) is 2.00. The van der Waals surface area contributed by atoms with Crippen LogP contribution in [0.3, 0.4) is 0 Å². The summed E-state index contributed by atoms with van der Waals surface area (Å²) in [7, 11) is 0. The van der Waals surface area contributed by atoms with Crippen LogP contribution in [0.2, 0.25) is 0 Å². The predicted molar refractivity (Wildman–Crippen MR) is 29.4 cm³/mol. The molecule has 0 N–H and O–H groups in total. The van der Waals surface area contributed by atoms with E-state index in [0.717, 1.165) is 45.4 Å². The molecule has 0 heterocycles. The normalized spacial score (nSPS) is 3.50. The van der Waals surface area contributed by atoms with Crippen LogP contribution in [0, 0.1) is 0 Å². The topological polar surface area (TPSA) is 0 Å². The van der Waals surface area contributed by atoms with Gasteiger partial charge in [-0.1, -0.05) is 0 Å². The zero-order valence-corrected chi connectivity index (χ0v) is 9.05. The van der Waals surface area contributed by atoms with Crippen LogP contribution >= 0.6 is 20.3 Å². The van der Waals surface area contributed by atoms with Gasteiger partial charge in [0, 0.05) is 0 Å². The van der Waals surface area contributed by atoms with E-state index in [1.54, 1.807) is 0 Å². The van der Waals surface area contributed by atoms with Crippen LogP contribution in [-0.4, -0.2) is 61.2 Å². The molecule has 0 saturated carbocycles. The molecule has 4 heteroatoms. The molecule has 0 aromatic carbocycles. The van der Waals surface area contributed by atoms with Gasteiger partial charge < -0.3 is 0 Å². The van der Waals surface area contributed by atoms with E-state index in [1.807, 2.05) is 15.8 Å². The Bertz CT molecular complexity index is 6.00. The molecule has 0 radical (unpaired) electrons. The van der Waals surface area contributed by atoms with Gasteiger partial charge in [0.1, 0.15) is 0 Å². The fourth-order valence-electron chi connectivity index (χ4n) is 0. The van der Waals surface area contributed by atoms with E-state index in [0.29, 0.717) is 0 Å². The molecular weight excluding hydrogens is 206 g/mol. The summed E-state index contributed by atoms with van der Waals surface area (Å²) in [5, 5.41) is 0. The Hall–Kier alpha value is 3.19. The second-order valence-corrected chi connectivity index (χ2v) is 0. The van der Waals surface area contributed by atoms with Crippen molar-refractivity contribution in [1.29, 1.82) is 0 Å². The van der Waals surface area contributed by atoms with Gasteiger partial charge in [-0.3, -0.25) is 0 Å². The van der Waals surface area contributed by atoms with E-state index in [2.05, 4.69) is 20.3 Å². The second-order valence-electron chi connectivity index (χ2n) is 0. The Balaban J connectivity index is 0. The zero-order chi connectivity index (χ0) is 4.00. The van der Waals surface area contributed by atoms with Crippen molar-refractivity contribution in [3.63, 3.8) is 0 Å². The van der Waals surface area contributed by atoms with E-state index in [9.17, 15) is 0 Å². The molecule has 0 saturated heterocycles. The van der Waals surface area contributed by atoms with Crippen molar-refractivity contribution >= 4 is 81.6 Å². The minimum atomic E-state index is 0.875.